The molecule has 0 saturated heterocycles. The molecule has 27 heavy (non-hydrogen) atoms. The second-order valence-electron chi connectivity index (χ2n) is 5.77. The first-order chi connectivity index (χ1) is 13.0. The molecule has 0 aliphatic rings. The van der Waals surface area contributed by atoms with Gasteiger partial charge >= 0.3 is 11.8 Å². The molecule has 0 saturated carbocycles. The van der Waals surface area contributed by atoms with Crippen LogP contribution in [0.1, 0.15) is 45.4 Å². The molecular formula is C19H18N4O4. The number of nitrogens with one attached hydrogen (secondary N) is 1. The second kappa shape index (κ2) is 8.13. The van der Waals surface area contributed by atoms with Gasteiger partial charge in [-0.15, -0.1) is 0 Å². The summed E-state index contributed by atoms with van der Waals surface area (Å²) >= 11 is 0. The highest BCUT2D eigenvalue weighted by Crippen LogP contribution is 2.18. The average Bonchev–Trinajstić information content (AvgIpc) is 3.16. The number of carbonyl (C=O) groups excluding carboxylic acids is 2. The van der Waals surface area contributed by atoms with Crippen LogP contribution in [0.25, 0.3) is 0 Å². The molecule has 0 fully saturated rings. The van der Waals surface area contributed by atoms with Crippen molar-refractivity contribution in [3.8, 4) is 5.75 Å². The lowest BCUT2D eigenvalue weighted by Crippen LogP contribution is -2.26. The van der Waals surface area contributed by atoms with Gasteiger partial charge < -0.3 is 20.3 Å². The van der Waals surface area contributed by atoms with E-state index < -0.39 is 11.8 Å². The fraction of sp³-hybridized carbons (Fsp3) is 0.158. The van der Waals surface area contributed by atoms with Gasteiger partial charge in [-0.3, -0.25) is 9.59 Å². The van der Waals surface area contributed by atoms with Crippen molar-refractivity contribution in [3.63, 3.8) is 0 Å². The maximum Gasteiger partial charge on any atom is 0.316 e. The molecule has 0 bridgehead atoms. The second-order valence-corrected chi connectivity index (χ2v) is 5.77. The highest BCUT2D eigenvalue weighted by molar-refractivity contribution is 5.95. The van der Waals surface area contributed by atoms with Crippen molar-refractivity contribution >= 4 is 11.8 Å². The number of primary amides is 1. The first-order valence-corrected chi connectivity index (χ1v) is 8.24. The van der Waals surface area contributed by atoms with Crippen molar-refractivity contribution in [2.45, 2.75) is 19.6 Å². The monoisotopic (exact) mass is 366 g/mol. The fourth-order valence-electron chi connectivity index (χ4n) is 2.43. The minimum Gasteiger partial charge on any atom is -0.485 e. The molecule has 8 heteroatoms. The number of nitrogens with two attached hydrogens (primary N) is 1. The number of aromatic nitrogens is 2. The number of ether oxygens (including phenoxy) is 1. The lowest BCUT2D eigenvalue weighted by atomic mass is 10.1. The summed E-state index contributed by atoms with van der Waals surface area (Å²) in [6.07, 6.45) is 0. The Morgan fingerprint density at radius 1 is 1.15 bits per heavy atom. The fourth-order valence-corrected chi connectivity index (χ4v) is 2.43. The minimum absolute atomic E-state index is 0.0741. The normalized spacial score (nSPS) is 11.6. The van der Waals surface area contributed by atoms with Crippen LogP contribution in [0.4, 0.5) is 0 Å². The molecule has 3 aromatic rings. The standard InChI is InChI=1S/C19H18N4O4/c1-12(13-7-3-2-4-8-13)21-18(25)19-22-16(23-27-19)11-26-15-10-6-5-9-14(15)17(20)24/h2-10,12H,11H2,1H3,(H2,20,24)(H,21,25)/t12-/m0/s1. The zero-order valence-electron chi connectivity index (χ0n) is 14.6. The van der Waals surface area contributed by atoms with Gasteiger partial charge in [-0.25, -0.2) is 0 Å². The zero-order valence-corrected chi connectivity index (χ0v) is 14.6. The summed E-state index contributed by atoms with van der Waals surface area (Å²) in [5, 5.41) is 6.51. The third-order valence-electron chi connectivity index (χ3n) is 3.82. The molecule has 8 nitrogen and oxygen atoms in total. The number of nitrogens with zero attached hydrogens (tertiary/aromatic N) is 2. The molecule has 1 heterocycles. The summed E-state index contributed by atoms with van der Waals surface area (Å²) in [5.74, 6) is -0.777. The predicted octanol–water partition coefficient (Wildman–Crippen LogP) is 2.24. The van der Waals surface area contributed by atoms with Gasteiger partial charge in [0, 0.05) is 0 Å². The van der Waals surface area contributed by atoms with Gasteiger partial charge in [0.15, 0.2) is 6.61 Å². The van der Waals surface area contributed by atoms with E-state index in [0.29, 0.717) is 5.75 Å². The van der Waals surface area contributed by atoms with Crippen molar-refractivity contribution < 1.29 is 18.8 Å². The Balaban J connectivity index is 1.61. The average molecular weight is 366 g/mol. The molecule has 2 amide bonds. The van der Waals surface area contributed by atoms with Crippen LogP contribution in [-0.2, 0) is 6.61 Å². The van der Waals surface area contributed by atoms with Crippen LogP contribution >= 0.6 is 0 Å². The van der Waals surface area contributed by atoms with E-state index in [0.717, 1.165) is 5.56 Å². The van der Waals surface area contributed by atoms with Gasteiger partial charge in [-0.05, 0) is 24.6 Å². The van der Waals surface area contributed by atoms with Gasteiger partial charge in [0.1, 0.15) is 5.75 Å². The number of para-hydroxylation sites is 1. The number of rotatable bonds is 7. The molecule has 0 aliphatic heterocycles. The third-order valence-corrected chi connectivity index (χ3v) is 3.82. The van der Waals surface area contributed by atoms with Gasteiger partial charge in [0.25, 0.3) is 5.91 Å². The van der Waals surface area contributed by atoms with Crippen molar-refractivity contribution in [1.29, 1.82) is 0 Å². The van der Waals surface area contributed by atoms with E-state index in [-0.39, 0.29) is 29.9 Å². The maximum atomic E-state index is 12.3. The maximum absolute atomic E-state index is 12.3. The van der Waals surface area contributed by atoms with Crippen LogP contribution in [0, 0.1) is 0 Å². The van der Waals surface area contributed by atoms with Crippen LogP contribution < -0.4 is 15.8 Å². The number of carbonyl (C=O) groups is 2. The Kier molecular flexibility index (Phi) is 5.46. The molecule has 2 aromatic carbocycles. The first-order valence-electron chi connectivity index (χ1n) is 8.24. The molecule has 138 valence electrons. The van der Waals surface area contributed by atoms with Gasteiger partial charge in [-0.1, -0.05) is 47.6 Å². The highest BCUT2D eigenvalue weighted by Gasteiger charge is 2.18. The summed E-state index contributed by atoms with van der Waals surface area (Å²) in [7, 11) is 0. The van der Waals surface area contributed by atoms with E-state index in [2.05, 4.69) is 15.5 Å². The quantitative estimate of drug-likeness (QED) is 0.661. The van der Waals surface area contributed by atoms with Crippen LogP contribution in [0.2, 0.25) is 0 Å². The number of hydrogen-bond donors (Lipinski definition) is 2. The number of benzene rings is 2. The van der Waals surface area contributed by atoms with E-state index in [1.807, 2.05) is 37.3 Å². The molecule has 0 unspecified atom stereocenters. The number of amides is 2. The van der Waals surface area contributed by atoms with Gasteiger partial charge in [-0.2, -0.15) is 4.98 Å². The highest BCUT2D eigenvalue weighted by atomic mass is 16.5. The Hall–Kier alpha value is -3.68. The van der Waals surface area contributed by atoms with E-state index in [1.54, 1.807) is 24.3 Å². The Bertz CT molecular complexity index is 940. The topological polar surface area (TPSA) is 120 Å². The summed E-state index contributed by atoms with van der Waals surface area (Å²) in [4.78, 5) is 27.7. The van der Waals surface area contributed by atoms with Crippen LogP contribution in [0.3, 0.4) is 0 Å². The van der Waals surface area contributed by atoms with Crippen molar-refractivity contribution in [1.82, 2.24) is 15.5 Å². The summed E-state index contributed by atoms with van der Waals surface area (Å²) in [6.45, 7) is 1.78. The number of hydrogen-bond acceptors (Lipinski definition) is 6. The minimum atomic E-state index is -0.603. The van der Waals surface area contributed by atoms with Crippen molar-refractivity contribution in [3.05, 3.63) is 77.4 Å². The molecule has 0 aliphatic carbocycles. The van der Waals surface area contributed by atoms with E-state index in [9.17, 15) is 9.59 Å². The molecule has 3 rings (SSSR count). The lowest BCUT2D eigenvalue weighted by molar-refractivity contribution is 0.0895. The predicted molar refractivity (Wildman–Crippen MR) is 95.9 cm³/mol. The van der Waals surface area contributed by atoms with Crippen LogP contribution in [0.15, 0.2) is 59.1 Å². The Morgan fingerprint density at radius 2 is 1.85 bits per heavy atom. The lowest BCUT2D eigenvalue weighted by Gasteiger charge is -2.12. The zero-order chi connectivity index (χ0) is 19.2. The SMILES string of the molecule is C[C@H](NC(=O)c1nc(COc2ccccc2C(N)=O)no1)c1ccccc1. The summed E-state index contributed by atoms with van der Waals surface area (Å²) < 4.78 is 10.5. The molecule has 0 radical (unpaired) electrons. The molecule has 1 aromatic heterocycles. The van der Waals surface area contributed by atoms with Gasteiger partial charge in [0.05, 0.1) is 11.6 Å². The smallest absolute Gasteiger partial charge is 0.316 e. The van der Waals surface area contributed by atoms with Crippen LogP contribution in [-0.4, -0.2) is 22.0 Å². The van der Waals surface area contributed by atoms with E-state index >= 15 is 0 Å². The molecular weight excluding hydrogens is 348 g/mol. The Morgan fingerprint density at radius 3 is 2.59 bits per heavy atom. The van der Waals surface area contributed by atoms with Crippen molar-refractivity contribution in [2.24, 2.45) is 5.73 Å². The summed E-state index contributed by atoms with van der Waals surface area (Å²) in [5.41, 5.74) is 6.50. The molecule has 3 N–H and O–H groups in total. The third kappa shape index (κ3) is 4.49. The molecule has 1 atom stereocenters. The first kappa shape index (κ1) is 18.1. The largest absolute Gasteiger partial charge is 0.485 e. The van der Waals surface area contributed by atoms with Crippen molar-refractivity contribution in [2.75, 3.05) is 0 Å². The van der Waals surface area contributed by atoms with E-state index in [4.69, 9.17) is 15.0 Å². The van der Waals surface area contributed by atoms with Gasteiger partial charge in [0.2, 0.25) is 5.82 Å². The Labute approximate surface area is 155 Å². The molecule has 0 spiro atoms. The van der Waals surface area contributed by atoms with Crippen LogP contribution in [0.5, 0.6) is 5.75 Å². The van der Waals surface area contributed by atoms with E-state index in [1.165, 1.54) is 0 Å². The summed E-state index contributed by atoms with van der Waals surface area (Å²) in [6, 6.07) is 15.8.